The Kier molecular flexibility index (Phi) is 7.46. The smallest absolute Gasteiger partial charge is 0.156 e. The zero-order valence-electron chi connectivity index (χ0n) is 20.7. The van der Waals surface area contributed by atoms with Crippen molar-refractivity contribution in [3.8, 4) is 17.2 Å². The molecule has 0 fully saturated rings. The van der Waals surface area contributed by atoms with Crippen LogP contribution in [0.5, 0.6) is 0 Å². The van der Waals surface area contributed by atoms with Gasteiger partial charge in [0.15, 0.2) is 5.60 Å². The molecule has 0 saturated carbocycles. The SMILES string of the molecule is Cn1cncc1C(O)(c1ccc(Cl)cc1)c1ccc2nc(CNCCC#N)cc(-c3cccc(Cl)c3)c2c1. The Balaban J connectivity index is 1.71. The van der Waals surface area contributed by atoms with Crippen LogP contribution in [0, 0.1) is 11.3 Å². The molecule has 1 unspecified atom stereocenters. The van der Waals surface area contributed by atoms with Gasteiger partial charge in [-0.2, -0.15) is 5.26 Å². The number of imidazole rings is 1. The number of benzene rings is 3. The number of nitriles is 1. The second-order valence-electron chi connectivity index (χ2n) is 9.10. The molecule has 190 valence electrons. The van der Waals surface area contributed by atoms with Crippen molar-refractivity contribution in [2.24, 2.45) is 7.05 Å². The fraction of sp³-hybridized carbons (Fsp3) is 0.167. The minimum absolute atomic E-state index is 0.426. The molecular weight excluding hydrogens is 517 g/mol. The molecule has 0 aliphatic heterocycles. The Labute approximate surface area is 231 Å². The van der Waals surface area contributed by atoms with Gasteiger partial charge in [-0.05, 0) is 64.7 Å². The molecule has 0 aliphatic rings. The lowest BCUT2D eigenvalue weighted by molar-refractivity contribution is 0.117. The van der Waals surface area contributed by atoms with Crippen molar-refractivity contribution >= 4 is 34.1 Å². The van der Waals surface area contributed by atoms with Gasteiger partial charge in [-0.1, -0.05) is 53.5 Å². The van der Waals surface area contributed by atoms with Crippen LogP contribution in [0.3, 0.4) is 0 Å². The molecule has 0 saturated heterocycles. The van der Waals surface area contributed by atoms with Gasteiger partial charge in [-0.15, -0.1) is 0 Å². The molecule has 0 bridgehead atoms. The lowest BCUT2D eigenvalue weighted by atomic mass is 9.82. The number of rotatable bonds is 8. The zero-order valence-corrected chi connectivity index (χ0v) is 22.2. The maximum Gasteiger partial charge on any atom is 0.156 e. The normalized spacial score (nSPS) is 12.8. The Morgan fingerprint density at radius 3 is 2.50 bits per heavy atom. The third kappa shape index (κ3) is 5.02. The number of halogens is 2. The predicted molar refractivity (Wildman–Crippen MR) is 151 cm³/mol. The van der Waals surface area contributed by atoms with Gasteiger partial charge in [0.25, 0.3) is 0 Å². The van der Waals surface area contributed by atoms with Crippen LogP contribution < -0.4 is 5.32 Å². The molecule has 1 atom stereocenters. The molecule has 0 spiro atoms. The number of nitrogens with one attached hydrogen (secondary N) is 1. The fourth-order valence-electron chi connectivity index (χ4n) is 4.71. The van der Waals surface area contributed by atoms with Crippen LogP contribution in [0.2, 0.25) is 10.0 Å². The number of aryl methyl sites for hydroxylation is 1. The van der Waals surface area contributed by atoms with E-state index in [2.05, 4.69) is 16.4 Å². The van der Waals surface area contributed by atoms with E-state index in [0.717, 1.165) is 27.7 Å². The van der Waals surface area contributed by atoms with Crippen LogP contribution in [-0.2, 0) is 19.2 Å². The predicted octanol–water partition coefficient (Wildman–Crippen LogP) is 6.23. The first-order valence-electron chi connectivity index (χ1n) is 12.1. The molecule has 2 heterocycles. The van der Waals surface area contributed by atoms with Crippen LogP contribution >= 0.6 is 23.2 Å². The Morgan fingerprint density at radius 2 is 1.79 bits per heavy atom. The van der Waals surface area contributed by atoms with Gasteiger partial charge in [0.05, 0.1) is 35.5 Å². The van der Waals surface area contributed by atoms with E-state index in [0.29, 0.717) is 46.4 Å². The number of aromatic nitrogens is 3. The number of hydrogen-bond acceptors (Lipinski definition) is 5. The van der Waals surface area contributed by atoms with Crippen LogP contribution in [-0.4, -0.2) is 26.2 Å². The molecule has 5 rings (SSSR count). The molecule has 38 heavy (non-hydrogen) atoms. The molecule has 0 amide bonds. The van der Waals surface area contributed by atoms with Gasteiger partial charge >= 0.3 is 0 Å². The third-order valence-corrected chi connectivity index (χ3v) is 7.07. The van der Waals surface area contributed by atoms with Crippen molar-refractivity contribution < 1.29 is 5.11 Å². The van der Waals surface area contributed by atoms with E-state index in [9.17, 15) is 5.11 Å². The zero-order chi connectivity index (χ0) is 26.7. The van der Waals surface area contributed by atoms with E-state index in [1.807, 2.05) is 72.3 Å². The molecule has 3 aromatic carbocycles. The molecule has 8 heteroatoms. The van der Waals surface area contributed by atoms with E-state index in [-0.39, 0.29) is 0 Å². The van der Waals surface area contributed by atoms with Crippen molar-refractivity contribution in [3.05, 3.63) is 118 Å². The summed E-state index contributed by atoms with van der Waals surface area (Å²) >= 11 is 12.5. The summed E-state index contributed by atoms with van der Waals surface area (Å²) in [6.45, 7) is 1.11. The van der Waals surface area contributed by atoms with Gasteiger partial charge < -0.3 is 15.0 Å². The summed E-state index contributed by atoms with van der Waals surface area (Å²) in [5, 5.41) is 26.6. The summed E-state index contributed by atoms with van der Waals surface area (Å²) in [4.78, 5) is 9.14. The van der Waals surface area contributed by atoms with E-state index in [1.165, 1.54) is 0 Å². The monoisotopic (exact) mass is 541 g/mol. The first kappa shape index (κ1) is 25.9. The van der Waals surface area contributed by atoms with Crippen molar-refractivity contribution in [1.29, 1.82) is 5.26 Å². The van der Waals surface area contributed by atoms with Gasteiger partial charge in [-0.25, -0.2) is 4.98 Å². The van der Waals surface area contributed by atoms with E-state index >= 15 is 0 Å². The Hall–Kier alpha value is -3.73. The Bertz CT molecular complexity index is 1640. The maximum absolute atomic E-state index is 12.4. The summed E-state index contributed by atoms with van der Waals surface area (Å²) < 4.78 is 1.81. The van der Waals surface area contributed by atoms with E-state index in [1.54, 1.807) is 24.7 Å². The average Bonchev–Trinajstić information content (AvgIpc) is 3.36. The molecule has 6 nitrogen and oxygen atoms in total. The number of hydrogen-bond donors (Lipinski definition) is 2. The van der Waals surface area contributed by atoms with Gasteiger partial charge in [-0.3, -0.25) is 4.98 Å². The molecule has 5 aromatic rings. The summed E-state index contributed by atoms with van der Waals surface area (Å²) in [7, 11) is 1.86. The molecule has 0 radical (unpaired) electrons. The van der Waals surface area contributed by atoms with Crippen LogP contribution in [0.25, 0.3) is 22.0 Å². The van der Waals surface area contributed by atoms with Crippen LogP contribution in [0.1, 0.15) is 28.9 Å². The maximum atomic E-state index is 12.4. The summed E-state index contributed by atoms with van der Waals surface area (Å²) in [6, 6.07) is 24.8. The average molecular weight is 542 g/mol. The largest absolute Gasteiger partial charge is 0.374 e. The topological polar surface area (TPSA) is 86.8 Å². The van der Waals surface area contributed by atoms with Gasteiger partial charge in [0.1, 0.15) is 0 Å². The highest BCUT2D eigenvalue weighted by atomic mass is 35.5. The minimum Gasteiger partial charge on any atom is -0.374 e. The van der Waals surface area contributed by atoms with Crippen molar-refractivity contribution in [2.75, 3.05) is 6.54 Å². The number of fused-ring (bicyclic) bond motifs is 1. The number of pyridine rings is 1. The van der Waals surface area contributed by atoms with Crippen molar-refractivity contribution in [2.45, 2.75) is 18.6 Å². The van der Waals surface area contributed by atoms with Crippen molar-refractivity contribution in [3.63, 3.8) is 0 Å². The standard InChI is InChI=1S/C30H25Cl2N5O/c1-37-19-35-18-29(37)30(38,21-6-9-23(31)10-7-21)22-8-11-28-27(15-22)26(20-4-2-5-24(32)14-20)16-25(36-28)17-34-13-3-12-33/h2,4-11,14-16,18-19,34,38H,3,13,17H2,1H3. The summed E-state index contributed by atoms with van der Waals surface area (Å²) in [5.41, 5.74) is 3.98. The van der Waals surface area contributed by atoms with Gasteiger partial charge in [0.2, 0.25) is 0 Å². The number of nitrogens with zero attached hydrogens (tertiary/aromatic N) is 4. The van der Waals surface area contributed by atoms with Crippen LogP contribution in [0.4, 0.5) is 0 Å². The molecule has 0 aliphatic carbocycles. The minimum atomic E-state index is -1.49. The Morgan fingerprint density at radius 1 is 1.00 bits per heavy atom. The summed E-state index contributed by atoms with van der Waals surface area (Å²) in [6.07, 6.45) is 3.77. The van der Waals surface area contributed by atoms with Gasteiger partial charge in [0, 0.05) is 42.0 Å². The third-order valence-electron chi connectivity index (χ3n) is 6.58. The van der Waals surface area contributed by atoms with Crippen molar-refractivity contribution in [1.82, 2.24) is 19.9 Å². The van der Waals surface area contributed by atoms with E-state index in [4.69, 9.17) is 33.4 Å². The first-order chi connectivity index (χ1) is 18.4. The van der Waals surface area contributed by atoms with Crippen LogP contribution in [0.15, 0.2) is 85.3 Å². The highest BCUT2D eigenvalue weighted by Gasteiger charge is 2.37. The first-order valence-corrected chi connectivity index (χ1v) is 12.9. The lowest BCUT2D eigenvalue weighted by Gasteiger charge is -2.30. The molecule has 2 N–H and O–H groups in total. The molecule has 2 aromatic heterocycles. The van der Waals surface area contributed by atoms with E-state index < -0.39 is 5.60 Å². The number of aliphatic hydroxyl groups is 1. The highest BCUT2D eigenvalue weighted by Crippen LogP contribution is 2.40. The fourth-order valence-corrected chi connectivity index (χ4v) is 5.03. The second-order valence-corrected chi connectivity index (χ2v) is 9.97. The quantitative estimate of drug-likeness (QED) is 0.227. The highest BCUT2D eigenvalue weighted by molar-refractivity contribution is 6.31. The lowest BCUT2D eigenvalue weighted by Crippen LogP contribution is -2.31. The second kappa shape index (κ2) is 10.9. The molecular formula is C30H25Cl2N5O. The summed E-state index contributed by atoms with van der Waals surface area (Å²) in [5.74, 6) is 0.